The van der Waals surface area contributed by atoms with Crippen molar-refractivity contribution in [1.29, 1.82) is 0 Å². The monoisotopic (exact) mass is 457 g/mol. The van der Waals surface area contributed by atoms with E-state index in [1.54, 1.807) is 19.2 Å². The Morgan fingerprint density at radius 1 is 1.24 bits per heavy atom. The quantitative estimate of drug-likeness (QED) is 0.559. The van der Waals surface area contributed by atoms with Gasteiger partial charge in [0.25, 0.3) is 5.56 Å². The number of hydrogen-bond acceptors (Lipinski definition) is 4. The first-order chi connectivity index (χ1) is 14.0. The highest BCUT2D eigenvalue weighted by atomic mass is 79.9. The first kappa shape index (κ1) is 21.0. The van der Waals surface area contributed by atoms with Crippen molar-refractivity contribution in [3.8, 4) is 5.75 Å². The summed E-state index contributed by atoms with van der Waals surface area (Å²) < 4.78 is 7.47. The summed E-state index contributed by atoms with van der Waals surface area (Å²) in [5.74, 6) is 0.759. The van der Waals surface area contributed by atoms with Gasteiger partial charge in [0, 0.05) is 23.5 Å². The minimum Gasteiger partial charge on any atom is -0.497 e. The van der Waals surface area contributed by atoms with E-state index in [1.807, 2.05) is 37.3 Å². The molecule has 1 atom stereocenters. The van der Waals surface area contributed by atoms with Gasteiger partial charge >= 0.3 is 0 Å². The maximum Gasteiger partial charge on any atom is 0.261 e. The van der Waals surface area contributed by atoms with Crippen LogP contribution in [0.5, 0.6) is 5.75 Å². The molecule has 3 rings (SSSR count). The Hall–Kier alpha value is -2.67. The first-order valence-electron chi connectivity index (χ1n) is 9.53. The molecule has 152 valence electrons. The molecule has 1 N–H and O–H groups in total. The van der Waals surface area contributed by atoms with Gasteiger partial charge in [0.05, 0.1) is 24.3 Å². The van der Waals surface area contributed by atoms with Crippen molar-refractivity contribution in [1.82, 2.24) is 14.9 Å². The highest BCUT2D eigenvalue weighted by Gasteiger charge is 2.10. The van der Waals surface area contributed by atoms with Crippen LogP contribution < -0.4 is 15.6 Å². The third-order valence-electron chi connectivity index (χ3n) is 4.80. The van der Waals surface area contributed by atoms with Gasteiger partial charge in [-0.3, -0.25) is 14.2 Å². The van der Waals surface area contributed by atoms with Crippen LogP contribution in [0.25, 0.3) is 10.9 Å². The lowest BCUT2D eigenvalue weighted by Crippen LogP contribution is -2.34. The Morgan fingerprint density at radius 2 is 2.00 bits per heavy atom. The lowest BCUT2D eigenvalue weighted by atomic mass is 10.1. The summed E-state index contributed by atoms with van der Waals surface area (Å²) in [6.45, 7) is 2.29. The Balaban J connectivity index is 1.50. The van der Waals surface area contributed by atoms with Gasteiger partial charge in [-0.25, -0.2) is 4.98 Å². The van der Waals surface area contributed by atoms with Crippen LogP contribution in [-0.2, 0) is 17.8 Å². The van der Waals surface area contributed by atoms with Crippen molar-refractivity contribution >= 4 is 32.7 Å². The molecule has 0 aliphatic rings. The fourth-order valence-corrected chi connectivity index (χ4v) is 3.47. The van der Waals surface area contributed by atoms with Gasteiger partial charge in [-0.15, -0.1) is 0 Å². The van der Waals surface area contributed by atoms with Gasteiger partial charge in [-0.1, -0.05) is 28.1 Å². The van der Waals surface area contributed by atoms with E-state index in [1.165, 1.54) is 16.5 Å². The maximum absolute atomic E-state index is 12.6. The van der Waals surface area contributed by atoms with Crippen molar-refractivity contribution in [2.75, 3.05) is 7.11 Å². The molecular formula is C22H24BrN3O3. The van der Waals surface area contributed by atoms with Gasteiger partial charge in [0.2, 0.25) is 5.91 Å². The van der Waals surface area contributed by atoms with E-state index < -0.39 is 0 Å². The molecule has 0 saturated heterocycles. The summed E-state index contributed by atoms with van der Waals surface area (Å²) in [5.41, 5.74) is 1.70. The number of halogens is 1. The van der Waals surface area contributed by atoms with Crippen LogP contribution in [0, 0.1) is 0 Å². The Kier molecular flexibility index (Phi) is 7.04. The molecule has 2 aromatic carbocycles. The van der Waals surface area contributed by atoms with Crippen LogP contribution in [0.2, 0.25) is 0 Å². The normalized spacial score (nSPS) is 12.0. The minimum absolute atomic E-state index is 0.0482. The number of carbonyl (C=O) groups is 1. The van der Waals surface area contributed by atoms with Crippen LogP contribution in [0.3, 0.4) is 0 Å². The number of amides is 1. The van der Waals surface area contributed by atoms with E-state index in [-0.39, 0.29) is 23.9 Å². The van der Waals surface area contributed by atoms with Crippen LogP contribution in [0.15, 0.2) is 58.1 Å². The molecule has 6 nitrogen and oxygen atoms in total. The predicted octanol–water partition coefficient (Wildman–Crippen LogP) is 3.70. The zero-order valence-corrected chi connectivity index (χ0v) is 18.1. The largest absolute Gasteiger partial charge is 0.497 e. The molecule has 1 unspecified atom stereocenters. The number of rotatable bonds is 8. The Morgan fingerprint density at radius 3 is 2.72 bits per heavy atom. The summed E-state index contributed by atoms with van der Waals surface area (Å²) in [6, 6.07) is 13.4. The van der Waals surface area contributed by atoms with Gasteiger partial charge in [-0.05, 0) is 55.7 Å². The molecule has 7 heteroatoms. The van der Waals surface area contributed by atoms with Gasteiger partial charge in [0.1, 0.15) is 5.75 Å². The highest BCUT2D eigenvalue weighted by molar-refractivity contribution is 9.10. The lowest BCUT2D eigenvalue weighted by molar-refractivity contribution is -0.121. The Labute approximate surface area is 178 Å². The topological polar surface area (TPSA) is 73.2 Å². The van der Waals surface area contributed by atoms with Crippen molar-refractivity contribution in [2.24, 2.45) is 0 Å². The zero-order valence-electron chi connectivity index (χ0n) is 16.5. The number of nitrogens with zero attached hydrogens (tertiary/aromatic N) is 2. The number of ether oxygens (including phenoxy) is 1. The third-order valence-corrected chi connectivity index (χ3v) is 5.29. The fraction of sp³-hybridized carbons (Fsp3) is 0.318. The number of carbonyl (C=O) groups excluding carboxylic acids is 1. The van der Waals surface area contributed by atoms with Gasteiger partial charge in [-0.2, -0.15) is 0 Å². The van der Waals surface area contributed by atoms with E-state index in [9.17, 15) is 9.59 Å². The van der Waals surface area contributed by atoms with Crippen molar-refractivity contribution in [2.45, 2.75) is 38.8 Å². The number of fused-ring (bicyclic) bond motifs is 1. The van der Waals surface area contributed by atoms with E-state index in [0.29, 0.717) is 17.4 Å². The second-order valence-electron chi connectivity index (χ2n) is 7.01. The SMILES string of the molecule is COc1ccc(CCC(C)NC(=O)CCn2cnc3ccc(Br)cc3c2=O)cc1. The van der Waals surface area contributed by atoms with Crippen molar-refractivity contribution in [3.05, 3.63) is 69.2 Å². The molecule has 1 amide bonds. The lowest BCUT2D eigenvalue weighted by Gasteiger charge is -2.14. The zero-order chi connectivity index (χ0) is 20.8. The molecule has 0 radical (unpaired) electrons. The molecule has 3 aromatic rings. The maximum atomic E-state index is 12.6. The summed E-state index contributed by atoms with van der Waals surface area (Å²) in [4.78, 5) is 29.2. The fourth-order valence-electron chi connectivity index (χ4n) is 3.11. The molecule has 0 saturated carbocycles. The molecule has 29 heavy (non-hydrogen) atoms. The second kappa shape index (κ2) is 9.69. The average molecular weight is 458 g/mol. The number of benzene rings is 2. The highest BCUT2D eigenvalue weighted by Crippen LogP contribution is 2.15. The summed E-state index contributed by atoms with van der Waals surface area (Å²) in [6.07, 6.45) is 3.44. The van der Waals surface area contributed by atoms with E-state index >= 15 is 0 Å². The Bertz CT molecular complexity index is 1050. The molecule has 1 heterocycles. The molecular weight excluding hydrogens is 434 g/mol. The van der Waals surface area contributed by atoms with Gasteiger partial charge in [0.15, 0.2) is 0 Å². The number of aryl methyl sites for hydroxylation is 2. The predicted molar refractivity (Wildman–Crippen MR) is 117 cm³/mol. The van der Waals surface area contributed by atoms with Crippen LogP contribution in [0.1, 0.15) is 25.3 Å². The minimum atomic E-state index is -0.142. The van der Waals surface area contributed by atoms with Crippen molar-refractivity contribution in [3.63, 3.8) is 0 Å². The second-order valence-corrected chi connectivity index (χ2v) is 7.93. The summed E-state index contributed by atoms with van der Waals surface area (Å²) in [5, 5.41) is 3.54. The number of hydrogen-bond donors (Lipinski definition) is 1. The van der Waals surface area contributed by atoms with Crippen LogP contribution >= 0.6 is 15.9 Å². The average Bonchev–Trinajstić information content (AvgIpc) is 2.72. The van der Waals surface area contributed by atoms with E-state index in [2.05, 4.69) is 26.2 Å². The molecule has 0 aliphatic heterocycles. The van der Waals surface area contributed by atoms with E-state index in [0.717, 1.165) is 23.1 Å². The molecule has 0 aliphatic carbocycles. The third kappa shape index (κ3) is 5.67. The standard InChI is InChI=1S/C22H24BrN3O3/c1-15(3-4-16-5-8-18(29-2)9-6-16)25-21(27)11-12-26-14-24-20-10-7-17(23)13-19(20)22(26)28/h5-10,13-15H,3-4,11-12H2,1-2H3,(H,25,27). The molecule has 0 fully saturated rings. The molecule has 1 aromatic heterocycles. The number of nitrogens with one attached hydrogen (secondary N) is 1. The number of aromatic nitrogens is 2. The number of methoxy groups -OCH3 is 1. The van der Waals surface area contributed by atoms with Crippen LogP contribution in [-0.4, -0.2) is 28.6 Å². The van der Waals surface area contributed by atoms with Crippen LogP contribution in [0.4, 0.5) is 0 Å². The summed E-state index contributed by atoms with van der Waals surface area (Å²) >= 11 is 3.37. The molecule has 0 spiro atoms. The van der Waals surface area contributed by atoms with E-state index in [4.69, 9.17) is 4.74 Å². The molecule has 0 bridgehead atoms. The van der Waals surface area contributed by atoms with Gasteiger partial charge < -0.3 is 10.1 Å². The smallest absolute Gasteiger partial charge is 0.261 e. The summed E-state index contributed by atoms with van der Waals surface area (Å²) in [7, 11) is 1.65. The van der Waals surface area contributed by atoms with Crippen molar-refractivity contribution < 1.29 is 9.53 Å². The first-order valence-corrected chi connectivity index (χ1v) is 10.3.